The minimum atomic E-state index is -1.27. The van der Waals surface area contributed by atoms with E-state index in [0.29, 0.717) is 21.9 Å². The number of H-pyrrole nitrogens is 1. The quantitative estimate of drug-likeness (QED) is 0.240. The second kappa shape index (κ2) is 10.3. The summed E-state index contributed by atoms with van der Waals surface area (Å²) in [5.41, 5.74) is 3.03. The molecule has 176 valence electrons. The van der Waals surface area contributed by atoms with Crippen LogP contribution in [-0.4, -0.2) is 40.4 Å². The summed E-state index contributed by atoms with van der Waals surface area (Å²) in [5.74, 6) is -0.971. The number of aromatic amines is 1. The highest BCUT2D eigenvalue weighted by atomic mass is 16.5. The van der Waals surface area contributed by atoms with Crippen LogP contribution in [0.4, 0.5) is 0 Å². The average molecular weight is 471 g/mol. The molecule has 35 heavy (non-hydrogen) atoms. The van der Waals surface area contributed by atoms with Gasteiger partial charge >= 0.3 is 0 Å². The minimum Gasteiger partial charge on any atom is -0.504 e. The first kappa shape index (κ1) is 23.2. The van der Waals surface area contributed by atoms with E-state index in [9.17, 15) is 19.5 Å². The van der Waals surface area contributed by atoms with Crippen molar-refractivity contribution in [3.8, 4) is 11.5 Å². The number of nitrogens with zero attached hydrogens (tertiary/aromatic N) is 2. The Morgan fingerprint density at radius 2 is 1.77 bits per heavy atom. The smallest absolute Gasteiger partial charge is 0.272 e. The molecule has 2 amide bonds. The number of fused-ring (bicyclic) bond motifs is 1. The number of hydrogen-bond acceptors (Lipinski definition) is 7. The predicted molar refractivity (Wildman–Crippen MR) is 129 cm³/mol. The van der Waals surface area contributed by atoms with Crippen LogP contribution < -0.4 is 21.0 Å². The highest BCUT2D eigenvalue weighted by Gasteiger charge is 2.27. The molecule has 10 heteroatoms. The van der Waals surface area contributed by atoms with Gasteiger partial charge in [-0.05, 0) is 42.0 Å². The van der Waals surface area contributed by atoms with Crippen LogP contribution in [0.2, 0.25) is 0 Å². The molecular formula is C25H21N5O5. The van der Waals surface area contributed by atoms with Gasteiger partial charge in [0.1, 0.15) is 5.69 Å². The van der Waals surface area contributed by atoms with E-state index in [1.807, 2.05) is 0 Å². The number of rotatable bonds is 7. The van der Waals surface area contributed by atoms with Crippen molar-refractivity contribution in [1.29, 1.82) is 0 Å². The Balaban J connectivity index is 1.65. The van der Waals surface area contributed by atoms with Gasteiger partial charge in [0.15, 0.2) is 17.5 Å². The van der Waals surface area contributed by atoms with Crippen molar-refractivity contribution < 1.29 is 19.4 Å². The SMILES string of the molecule is COc1cc(/C=N/NC(=O)C(NC(=O)c2ccccc2)c2n[nH]c(=O)c3ccccc23)ccc1O. The molecule has 0 fully saturated rings. The molecule has 4 rings (SSSR count). The van der Waals surface area contributed by atoms with Crippen LogP contribution >= 0.6 is 0 Å². The Hall–Kier alpha value is -4.99. The molecule has 10 nitrogen and oxygen atoms in total. The van der Waals surface area contributed by atoms with E-state index < -0.39 is 23.4 Å². The van der Waals surface area contributed by atoms with E-state index in [1.165, 1.54) is 25.5 Å². The largest absolute Gasteiger partial charge is 0.504 e. The van der Waals surface area contributed by atoms with Crippen molar-refractivity contribution >= 4 is 28.8 Å². The van der Waals surface area contributed by atoms with Crippen LogP contribution in [0.25, 0.3) is 10.8 Å². The van der Waals surface area contributed by atoms with Gasteiger partial charge in [0.2, 0.25) is 0 Å². The fourth-order valence-corrected chi connectivity index (χ4v) is 3.43. The fraction of sp³-hybridized carbons (Fsp3) is 0.0800. The van der Waals surface area contributed by atoms with Gasteiger partial charge in [-0.25, -0.2) is 10.5 Å². The number of nitrogens with one attached hydrogen (secondary N) is 3. The van der Waals surface area contributed by atoms with Gasteiger partial charge in [-0.2, -0.15) is 10.2 Å². The summed E-state index contributed by atoms with van der Waals surface area (Å²) in [5, 5.41) is 23.5. The molecule has 0 spiro atoms. The summed E-state index contributed by atoms with van der Waals surface area (Å²) in [7, 11) is 1.42. The first-order valence-corrected chi connectivity index (χ1v) is 10.5. The van der Waals surface area contributed by atoms with Crippen molar-refractivity contribution in [2.75, 3.05) is 7.11 Å². The molecule has 0 saturated heterocycles. The molecule has 1 aromatic heterocycles. The second-order valence-corrected chi connectivity index (χ2v) is 7.42. The zero-order valence-electron chi connectivity index (χ0n) is 18.6. The van der Waals surface area contributed by atoms with Crippen LogP contribution in [0.1, 0.15) is 27.7 Å². The van der Waals surface area contributed by atoms with E-state index in [1.54, 1.807) is 60.7 Å². The van der Waals surface area contributed by atoms with Crippen LogP contribution in [-0.2, 0) is 4.79 Å². The van der Waals surface area contributed by atoms with Gasteiger partial charge in [0, 0.05) is 10.9 Å². The third kappa shape index (κ3) is 5.17. The number of phenolic OH excluding ortho intramolecular Hbond substituents is 1. The summed E-state index contributed by atoms with van der Waals surface area (Å²) in [6.07, 6.45) is 1.36. The van der Waals surface area contributed by atoms with E-state index in [-0.39, 0.29) is 17.2 Å². The lowest BCUT2D eigenvalue weighted by Crippen LogP contribution is -2.40. The molecule has 0 saturated carbocycles. The summed E-state index contributed by atoms with van der Waals surface area (Å²) < 4.78 is 5.06. The zero-order valence-corrected chi connectivity index (χ0v) is 18.6. The summed E-state index contributed by atoms with van der Waals surface area (Å²) >= 11 is 0. The Kier molecular flexibility index (Phi) is 6.82. The third-order valence-corrected chi connectivity index (χ3v) is 5.16. The maximum atomic E-state index is 13.2. The normalized spacial score (nSPS) is 11.8. The first-order chi connectivity index (χ1) is 17.0. The van der Waals surface area contributed by atoms with Crippen molar-refractivity contribution in [2.45, 2.75) is 6.04 Å². The summed E-state index contributed by atoms with van der Waals surface area (Å²) in [4.78, 5) is 38.3. The lowest BCUT2D eigenvalue weighted by molar-refractivity contribution is -0.123. The highest BCUT2D eigenvalue weighted by molar-refractivity contribution is 5.99. The summed E-state index contributed by atoms with van der Waals surface area (Å²) in [6.45, 7) is 0. The number of aromatic nitrogens is 2. The number of methoxy groups -OCH3 is 1. The van der Waals surface area contributed by atoms with Gasteiger partial charge in [0.05, 0.1) is 18.7 Å². The maximum absolute atomic E-state index is 13.2. The Bertz CT molecular complexity index is 1470. The number of hydrazone groups is 1. The first-order valence-electron chi connectivity index (χ1n) is 10.5. The van der Waals surface area contributed by atoms with Gasteiger partial charge in [0.25, 0.3) is 17.4 Å². The lowest BCUT2D eigenvalue weighted by Gasteiger charge is -2.18. The molecule has 0 bridgehead atoms. The molecule has 4 aromatic rings. The lowest BCUT2D eigenvalue weighted by atomic mass is 10.0. The van der Waals surface area contributed by atoms with Crippen LogP contribution in [0.3, 0.4) is 0 Å². The molecule has 1 atom stereocenters. The van der Waals surface area contributed by atoms with Crippen LogP contribution in [0, 0.1) is 0 Å². The molecule has 4 N–H and O–H groups in total. The number of benzene rings is 3. The van der Waals surface area contributed by atoms with Gasteiger partial charge in [-0.15, -0.1) is 0 Å². The number of amides is 2. The number of phenols is 1. The van der Waals surface area contributed by atoms with E-state index in [2.05, 4.69) is 26.0 Å². The van der Waals surface area contributed by atoms with Gasteiger partial charge < -0.3 is 15.2 Å². The number of carbonyl (C=O) groups is 2. The van der Waals surface area contributed by atoms with Crippen LogP contribution in [0.15, 0.2) is 82.7 Å². The van der Waals surface area contributed by atoms with Crippen molar-refractivity contribution in [3.63, 3.8) is 0 Å². The van der Waals surface area contributed by atoms with Gasteiger partial charge in [-0.1, -0.05) is 36.4 Å². The number of hydrogen-bond donors (Lipinski definition) is 4. The highest BCUT2D eigenvalue weighted by Crippen LogP contribution is 2.25. The van der Waals surface area contributed by atoms with E-state index in [0.717, 1.165) is 0 Å². The molecule has 3 aromatic carbocycles. The Labute approximate surface area is 199 Å². The Morgan fingerprint density at radius 1 is 1.06 bits per heavy atom. The molecule has 1 heterocycles. The van der Waals surface area contributed by atoms with E-state index in [4.69, 9.17) is 4.74 Å². The number of ether oxygens (including phenoxy) is 1. The number of carbonyl (C=O) groups excluding carboxylic acids is 2. The average Bonchev–Trinajstić information content (AvgIpc) is 2.89. The van der Waals surface area contributed by atoms with E-state index >= 15 is 0 Å². The fourth-order valence-electron chi connectivity index (χ4n) is 3.43. The Morgan fingerprint density at radius 3 is 2.51 bits per heavy atom. The van der Waals surface area contributed by atoms with Crippen molar-refractivity contribution in [3.05, 3.63) is 100.0 Å². The molecular weight excluding hydrogens is 450 g/mol. The zero-order chi connectivity index (χ0) is 24.8. The van der Waals surface area contributed by atoms with Crippen molar-refractivity contribution in [1.82, 2.24) is 20.9 Å². The van der Waals surface area contributed by atoms with Crippen LogP contribution in [0.5, 0.6) is 11.5 Å². The maximum Gasteiger partial charge on any atom is 0.272 e. The van der Waals surface area contributed by atoms with Crippen molar-refractivity contribution in [2.24, 2.45) is 5.10 Å². The monoisotopic (exact) mass is 471 g/mol. The topological polar surface area (TPSA) is 146 Å². The molecule has 1 unspecified atom stereocenters. The molecule has 0 aliphatic carbocycles. The molecule has 0 aliphatic rings. The standard InChI is InChI=1S/C25H21N5O5/c1-35-20-13-15(11-12-19(20)31)14-26-29-25(34)22(27-23(32)16-7-3-2-4-8-16)21-17-9-5-6-10-18(17)24(33)30-28-21/h2-14,22,31H,1H3,(H,27,32)(H,29,34)(H,30,33)/b26-14+. The summed E-state index contributed by atoms with van der Waals surface area (Å²) in [6, 6.07) is 18.3. The molecule has 0 radical (unpaired) electrons. The predicted octanol–water partition coefficient (Wildman–Crippen LogP) is 2.26. The second-order valence-electron chi connectivity index (χ2n) is 7.42. The van der Waals surface area contributed by atoms with Gasteiger partial charge in [-0.3, -0.25) is 14.4 Å². The third-order valence-electron chi connectivity index (χ3n) is 5.16. The molecule has 0 aliphatic heterocycles. The number of aromatic hydroxyl groups is 1. The minimum absolute atomic E-state index is 0.0339.